The molecule has 2 nitrogen and oxygen atoms in total. The number of aliphatic carboxylic acids is 1. The van der Waals surface area contributed by atoms with Crippen molar-refractivity contribution in [2.45, 2.75) is 112 Å². The molecule has 0 heterocycles. The number of carboxylic acid groups (broad SMARTS) is 1. The number of carbonyl (C=O) groups is 1. The summed E-state index contributed by atoms with van der Waals surface area (Å²) in [6, 6.07) is 0. The van der Waals surface area contributed by atoms with Crippen LogP contribution >= 0.6 is 7.26 Å². The monoisotopic (exact) mass is 374 g/mol. The minimum absolute atomic E-state index is 0.615. The van der Waals surface area contributed by atoms with Gasteiger partial charge in [0.15, 0.2) is 0 Å². The zero-order valence-electron chi connectivity index (χ0n) is 18.1. The molecular weight excluding hydrogens is 327 g/mol. The van der Waals surface area contributed by atoms with Crippen LogP contribution in [0.5, 0.6) is 0 Å². The first kappa shape index (κ1) is 27.1. The number of carbonyl (C=O) groups excluding carboxylic acids is 1. The summed E-state index contributed by atoms with van der Waals surface area (Å²) in [6.45, 7) is 10.4. The average Bonchev–Trinajstić information content (AvgIpc) is 2.55. The molecule has 0 unspecified atom stereocenters. The van der Waals surface area contributed by atoms with Crippen molar-refractivity contribution in [3.05, 3.63) is 0 Å². The lowest BCUT2D eigenvalue weighted by Gasteiger charge is -2.28. The number of hydrogen-bond acceptors (Lipinski definition) is 2. The van der Waals surface area contributed by atoms with Gasteiger partial charge in [-0.1, -0.05) is 79.1 Å². The van der Waals surface area contributed by atoms with Gasteiger partial charge in [-0.05, 0) is 32.6 Å². The Labute approximate surface area is 159 Å². The molecule has 0 radical (unpaired) electrons. The number of hydrogen-bond donors (Lipinski definition) is 0. The minimum Gasteiger partial charge on any atom is -0.550 e. The van der Waals surface area contributed by atoms with Crippen molar-refractivity contribution < 1.29 is 9.90 Å². The van der Waals surface area contributed by atoms with E-state index >= 15 is 0 Å². The molecule has 0 saturated carbocycles. The Kier molecular flexibility index (Phi) is 21.9. The van der Waals surface area contributed by atoms with Crippen molar-refractivity contribution in [2.75, 3.05) is 24.6 Å². The van der Waals surface area contributed by atoms with E-state index in [9.17, 15) is 0 Å². The minimum atomic E-state index is -1.08. The van der Waals surface area contributed by atoms with Crippen LogP contribution in [0.2, 0.25) is 0 Å². The van der Waals surface area contributed by atoms with Crippen LogP contribution in [0.15, 0.2) is 0 Å². The van der Waals surface area contributed by atoms with Crippen molar-refractivity contribution in [2.24, 2.45) is 0 Å². The van der Waals surface area contributed by atoms with Gasteiger partial charge < -0.3 is 9.90 Å². The molecule has 0 atom stereocenters. The summed E-state index contributed by atoms with van der Waals surface area (Å²) >= 11 is 0. The second kappa shape index (κ2) is 20.2. The average molecular weight is 375 g/mol. The van der Waals surface area contributed by atoms with Crippen molar-refractivity contribution in [3.63, 3.8) is 0 Å². The van der Waals surface area contributed by atoms with Gasteiger partial charge in [0.1, 0.15) is 0 Å². The maximum Gasteiger partial charge on any atom is 0.0594 e. The van der Waals surface area contributed by atoms with E-state index in [4.69, 9.17) is 9.90 Å². The quantitative estimate of drug-likeness (QED) is 0.228. The maximum absolute atomic E-state index is 8.89. The summed E-state index contributed by atoms with van der Waals surface area (Å²) < 4.78 is 0. The molecule has 0 fully saturated rings. The lowest BCUT2D eigenvalue weighted by Crippen LogP contribution is -2.16. The summed E-state index contributed by atoms with van der Waals surface area (Å²) in [5.41, 5.74) is 0. The highest BCUT2D eigenvalue weighted by Gasteiger charge is 2.34. The summed E-state index contributed by atoms with van der Waals surface area (Å²) in [5.74, 6) is -1.08. The Morgan fingerprint density at radius 2 is 0.800 bits per heavy atom. The van der Waals surface area contributed by atoms with Crippen LogP contribution in [0.3, 0.4) is 0 Å². The fraction of sp³-hybridized carbons (Fsp3) is 0.955. The molecule has 152 valence electrons. The molecule has 3 heteroatoms. The van der Waals surface area contributed by atoms with Crippen LogP contribution in [0.4, 0.5) is 0 Å². The highest BCUT2D eigenvalue weighted by atomic mass is 31.2. The molecule has 0 aromatic heterocycles. The third-order valence-corrected chi connectivity index (χ3v) is 10.0. The van der Waals surface area contributed by atoms with E-state index in [1.54, 1.807) is 24.6 Å². The van der Waals surface area contributed by atoms with Crippen LogP contribution in [-0.2, 0) is 4.79 Å². The third kappa shape index (κ3) is 20.1. The van der Waals surface area contributed by atoms with E-state index < -0.39 is 13.2 Å². The molecule has 0 aliphatic heterocycles. The molecule has 0 rings (SSSR count). The molecule has 0 N–H and O–H groups in total. The molecule has 25 heavy (non-hydrogen) atoms. The lowest BCUT2D eigenvalue weighted by atomic mass is 10.3. The van der Waals surface area contributed by atoms with Gasteiger partial charge in [0.2, 0.25) is 0 Å². The predicted octanol–water partition coefficient (Wildman–Crippen LogP) is 6.52. The first-order valence-electron chi connectivity index (χ1n) is 11.0. The molecule has 0 aliphatic rings. The second-order valence-corrected chi connectivity index (χ2v) is 12.0. The molecule has 0 aromatic carbocycles. The van der Waals surface area contributed by atoms with Crippen LogP contribution in [0.1, 0.15) is 112 Å². The van der Waals surface area contributed by atoms with E-state index in [0.29, 0.717) is 0 Å². The first-order valence-corrected chi connectivity index (χ1v) is 13.5. The van der Waals surface area contributed by atoms with Crippen molar-refractivity contribution >= 4 is 13.2 Å². The number of rotatable bonds is 16. The van der Waals surface area contributed by atoms with E-state index in [-0.39, 0.29) is 0 Å². The van der Waals surface area contributed by atoms with Gasteiger partial charge in [-0.3, -0.25) is 0 Å². The fourth-order valence-electron chi connectivity index (χ4n) is 3.46. The van der Waals surface area contributed by atoms with Gasteiger partial charge in [-0.15, -0.1) is 0 Å². The van der Waals surface area contributed by atoms with Gasteiger partial charge in [-0.2, -0.15) is 0 Å². The van der Waals surface area contributed by atoms with Crippen LogP contribution in [-0.4, -0.2) is 30.6 Å². The van der Waals surface area contributed by atoms with Gasteiger partial charge in [0.25, 0.3) is 0 Å². The Morgan fingerprint density at radius 3 is 0.960 bits per heavy atom. The second-order valence-electron chi connectivity index (χ2n) is 7.56. The Morgan fingerprint density at radius 1 is 0.600 bits per heavy atom. The van der Waals surface area contributed by atoms with E-state index in [1.165, 1.54) is 77.0 Å². The Bertz CT molecular complexity index is 230. The summed E-state index contributed by atoms with van der Waals surface area (Å²) in [7, 11) is -0.615. The third-order valence-electron chi connectivity index (χ3n) is 4.94. The SMILES string of the molecule is CC(=O)[O-].CCCCC[P+](CCCCC)(CCCCC)CCCCC. The Balaban J connectivity index is 0. The number of unbranched alkanes of at least 4 members (excludes halogenated alkanes) is 8. The van der Waals surface area contributed by atoms with Crippen molar-refractivity contribution in [3.8, 4) is 0 Å². The largest absolute Gasteiger partial charge is 0.550 e. The zero-order valence-corrected chi connectivity index (χ0v) is 19.0. The van der Waals surface area contributed by atoms with Gasteiger partial charge in [0.05, 0.1) is 24.6 Å². The fourth-order valence-corrected chi connectivity index (χ4v) is 8.38. The maximum atomic E-state index is 8.89. The van der Waals surface area contributed by atoms with Gasteiger partial charge in [0, 0.05) is 13.2 Å². The van der Waals surface area contributed by atoms with Crippen LogP contribution in [0.25, 0.3) is 0 Å². The van der Waals surface area contributed by atoms with Crippen molar-refractivity contribution in [1.29, 1.82) is 0 Å². The molecule has 0 amide bonds. The topological polar surface area (TPSA) is 40.1 Å². The van der Waals surface area contributed by atoms with E-state index in [1.807, 2.05) is 0 Å². The van der Waals surface area contributed by atoms with Gasteiger partial charge in [-0.25, -0.2) is 0 Å². The summed E-state index contributed by atoms with van der Waals surface area (Å²) in [5, 5.41) is 8.89. The van der Waals surface area contributed by atoms with Gasteiger partial charge >= 0.3 is 0 Å². The predicted molar refractivity (Wildman–Crippen MR) is 115 cm³/mol. The van der Waals surface area contributed by atoms with Crippen LogP contribution in [0, 0.1) is 0 Å². The van der Waals surface area contributed by atoms with Crippen LogP contribution < -0.4 is 5.11 Å². The summed E-state index contributed by atoms with van der Waals surface area (Å²) in [4.78, 5) is 8.89. The lowest BCUT2D eigenvalue weighted by molar-refractivity contribution is -0.302. The highest BCUT2D eigenvalue weighted by molar-refractivity contribution is 7.75. The molecule has 0 bridgehead atoms. The smallest absolute Gasteiger partial charge is 0.0594 e. The number of carboxylic acids is 1. The van der Waals surface area contributed by atoms with E-state index in [0.717, 1.165) is 6.92 Å². The molecule has 0 saturated heterocycles. The zero-order chi connectivity index (χ0) is 19.4. The molecule has 0 aliphatic carbocycles. The normalized spacial score (nSPS) is 11.1. The van der Waals surface area contributed by atoms with Crippen molar-refractivity contribution in [1.82, 2.24) is 0 Å². The van der Waals surface area contributed by atoms with E-state index in [2.05, 4.69) is 27.7 Å². The molecule has 0 spiro atoms. The Hall–Kier alpha value is -0.100. The summed E-state index contributed by atoms with van der Waals surface area (Å²) in [6.07, 6.45) is 24.0. The standard InChI is InChI=1S/C20H44P.C2H4O2/c1-5-9-13-17-21(18-14-10-6-2,19-15-11-7-3)20-16-12-8-4;1-2(3)4/h5-20H2,1-4H3;1H3,(H,3,4)/q+1;/p-1. The first-order chi connectivity index (χ1) is 12.0. The molecule has 0 aromatic rings. The highest BCUT2D eigenvalue weighted by Crippen LogP contribution is 2.61. The molecular formula is C22H47O2P.